The summed E-state index contributed by atoms with van der Waals surface area (Å²) < 4.78 is 0. The van der Waals surface area contributed by atoms with E-state index in [1.807, 2.05) is 0 Å². The van der Waals surface area contributed by atoms with Gasteiger partial charge in [0, 0.05) is 18.3 Å². The molecule has 21 heavy (non-hydrogen) atoms. The minimum Gasteiger partial charge on any atom is -0.481 e. The number of carbonyl (C=O) groups is 2. The molecule has 0 spiro atoms. The summed E-state index contributed by atoms with van der Waals surface area (Å²) in [6.45, 7) is 1.97. The Morgan fingerprint density at radius 3 is 2.57 bits per heavy atom. The fraction of sp³-hybridized carbons (Fsp3) is 0.571. The van der Waals surface area contributed by atoms with Crippen molar-refractivity contribution in [3.8, 4) is 0 Å². The molecule has 1 heterocycles. The third-order valence-electron chi connectivity index (χ3n) is 4.13. The second kappa shape index (κ2) is 6.39. The van der Waals surface area contributed by atoms with Gasteiger partial charge in [-0.15, -0.1) is 0 Å². The summed E-state index contributed by atoms with van der Waals surface area (Å²) in [5, 5.41) is 12.2. The molecule has 6 nitrogen and oxygen atoms in total. The number of hydrogen-bond donors (Lipinski definition) is 2. The highest BCUT2D eigenvalue weighted by Gasteiger charge is 2.39. The fourth-order valence-corrected chi connectivity index (χ4v) is 2.69. The lowest BCUT2D eigenvalue weighted by molar-refractivity contribution is -0.151. The van der Waals surface area contributed by atoms with Gasteiger partial charge in [0.1, 0.15) is 0 Å². The first-order chi connectivity index (χ1) is 9.92. The number of nitrogens with one attached hydrogen (secondary N) is 1. The minimum absolute atomic E-state index is 0.0795. The molecular formula is C14H18ClN3O3. The SMILES string of the molecule is CC1(C(=O)O)CCC(C(=O)NCc2nccnc2Cl)CC1. The number of rotatable bonds is 4. The van der Waals surface area contributed by atoms with Gasteiger partial charge in [0.05, 0.1) is 17.7 Å². The Balaban J connectivity index is 1.86. The molecule has 0 aliphatic heterocycles. The van der Waals surface area contributed by atoms with Crippen molar-refractivity contribution in [1.82, 2.24) is 15.3 Å². The lowest BCUT2D eigenvalue weighted by Crippen LogP contribution is -2.38. The number of aliphatic carboxylic acids is 1. The van der Waals surface area contributed by atoms with Crippen LogP contribution in [0.5, 0.6) is 0 Å². The van der Waals surface area contributed by atoms with Crippen molar-refractivity contribution in [2.75, 3.05) is 0 Å². The van der Waals surface area contributed by atoms with Gasteiger partial charge in [-0.25, -0.2) is 4.98 Å². The van der Waals surface area contributed by atoms with E-state index in [0.717, 1.165) is 0 Å². The maximum absolute atomic E-state index is 12.1. The predicted octanol–water partition coefficient (Wildman–Crippen LogP) is 2.03. The first kappa shape index (κ1) is 15.7. The summed E-state index contributed by atoms with van der Waals surface area (Å²) in [4.78, 5) is 31.2. The molecule has 114 valence electrons. The summed E-state index contributed by atoms with van der Waals surface area (Å²) in [7, 11) is 0. The van der Waals surface area contributed by atoms with E-state index in [-0.39, 0.29) is 23.5 Å². The van der Waals surface area contributed by atoms with Crippen molar-refractivity contribution in [1.29, 1.82) is 0 Å². The van der Waals surface area contributed by atoms with Crippen LogP contribution in [0.1, 0.15) is 38.3 Å². The third kappa shape index (κ3) is 3.69. The van der Waals surface area contributed by atoms with E-state index in [1.54, 1.807) is 6.92 Å². The molecular weight excluding hydrogens is 294 g/mol. The number of carbonyl (C=O) groups excluding carboxylic acids is 1. The van der Waals surface area contributed by atoms with E-state index in [9.17, 15) is 14.7 Å². The number of amides is 1. The zero-order valence-electron chi connectivity index (χ0n) is 11.8. The molecule has 0 atom stereocenters. The number of carboxylic acid groups (broad SMARTS) is 1. The smallest absolute Gasteiger partial charge is 0.309 e. The molecule has 0 saturated heterocycles. The summed E-state index contributed by atoms with van der Waals surface area (Å²) in [6, 6.07) is 0. The topological polar surface area (TPSA) is 92.2 Å². The highest BCUT2D eigenvalue weighted by molar-refractivity contribution is 6.29. The van der Waals surface area contributed by atoms with E-state index in [0.29, 0.717) is 31.4 Å². The quantitative estimate of drug-likeness (QED) is 0.887. The van der Waals surface area contributed by atoms with Crippen LogP contribution in [0.15, 0.2) is 12.4 Å². The lowest BCUT2D eigenvalue weighted by atomic mass is 9.71. The largest absolute Gasteiger partial charge is 0.481 e. The fourth-order valence-electron chi connectivity index (χ4n) is 2.51. The van der Waals surface area contributed by atoms with Gasteiger partial charge in [-0.2, -0.15) is 0 Å². The molecule has 1 aliphatic rings. The second-order valence-electron chi connectivity index (χ2n) is 5.65. The molecule has 1 amide bonds. The van der Waals surface area contributed by atoms with Crippen molar-refractivity contribution in [3.05, 3.63) is 23.2 Å². The lowest BCUT2D eigenvalue weighted by Gasteiger charge is -2.33. The van der Waals surface area contributed by atoms with Gasteiger partial charge in [0.15, 0.2) is 5.15 Å². The van der Waals surface area contributed by atoms with Crippen molar-refractivity contribution < 1.29 is 14.7 Å². The average Bonchev–Trinajstić information content (AvgIpc) is 2.46. The standard InChI is InChI=1S/C14H18ClN3O3/c1-14(13(20)21)4-2-9(3-5-14)12(19)18-8-10-11(15)17-7-6-16-10/h6-7,9H,2-5,8H2,1H3,(H,18,19)(H,20,21). The first-order valence-corrected chi connectivity index (χ1v) is 7.27. The molecule has 1 saturated carbocycles. The van der Waals surface area contributed by atoms with Gasteiger partial charge < -0.3 is 10.4 Å². The summed E-state index contributed by atoms with van der Waals surface area (Å²) in [5.41, 5.74) is -0.177. The molecule has 1 aromatic rings. The maximum Gasteiger partial charge on any atom is 0.309 e. The summed E-state index contributed by atoms with van der Waals surface area (Å²) in [5.74, 6) is -1.01. The van der Waals surface area contributed by atoms with Crippen LogP contribution in [0.3, 0.4) is 0 Å². The van der Waals surface area contributed by atoms with E-state index in [4.69, 9.17) is 11.6 Å². The molecule has 0 unspecified atom stereocenters. The van der Waals surface area contributed by atoms with Crippen LogP contribution in [0.2, 0.25) is 5.15 Å². The molecule has 1 aliphatic carbocycles. The highest BCUT2D eigenvalue weighted by atomic mass is 35.5. The Hall–Kier alpha value is -1.69. The number of carboxylic acids is 1. The van der Waals surface area contributed by atoms with Gasteiger partial charge in [-0.05, 0) is 32.6 Å². The molecule has 0 aromatic carbocycles. The zero-order chi connectivity index (χ0) is 15.5. The van der Waals surface area contributed by atoms with Crippen LogP contribution >= 0.6 is 11.6 Å². The zero-order valence-corrected chi connectivity index (χ0v) is 12.6. The van der Waals surface area contributed by atoms with Crippen molar-refractivity contribution in [2.24, 2.45) is 11.3 Å². The number of aromatic nitrogens is 2. The predicted molar refractivity (Wildman–Crippen MR) is 76.6 cm³/mol. The van der Waals surface area contributed by atoms with E-state index in [2.05, 4.69) is 15.3 Å². The van der Waals surface area contributed by atoms with Gasteiger partial charge in [0.25, 0.3) is 0 Å². The molecule has 2 N–H and O–H groups in total. The second-order valence-corrected chi connectivity index (χ2v) is 6.01. The van der Waals surface area contributed by atoms with Crippen LogP contribution < -0.4 is 5.32 Å². The van der Waals surface area contributed by atoms with Crippen molar-refractivity contribution in [2.45, 2.75) is 39.2 Å². The van der Waals surface area contributed by atoms with Gasteiger partial charge in [-0.3, -0.25) is 14.6 Å². The van der Waals surface area contributed by atoms with E-state index < -0.39 is 11.4 Å². The Labute approximate surface area is 127 Å². The van der Waals surface area contributed by atoms with Crippen molar-refractivity contribution in [3.63, 3.8) is 0 Å². The van der Waals surface area contributed by atoms with E-state index >= 15 is 0 Å². The Morgan fingerprint density at radius 1 is 1.38 bits per heavy atom. The van der Waals surface area contributed by atoms with Crippen LogP contribution in [-0.4, -0.2) is 27.0 Å². The molecule has 1 fully saturated rings. The van der Waals surface area contributed by atoms with Gasteiger partial charge in [0.2, 0.25) is 5.91 Å². The maximum atomic E-state index is 12.1. The number of halogens is 1. The third-order valence-corrected chi connectivity index (χ3v) is 4.45. The normalized spacial score (nSPS) is 25.3. The first-order valence-electron chi connectivity index (χ1n) is 6.89. The Morgan fingerprint density at radius 2 is 2.00 bits per heavy atom. The Bertz CT molecular complexity index is 542. The average molecular weight is 312 g/mol. The molecule has 0 radical (unpaired) electrons. The van der Waals surface area contributed by atoms with Crippen molar-refractivity contribution >= 4 is 23.5 Å². The summed E-state index contributed by atoms with van der Waals surface area (Å²) in [6.07, 6.45) is 5.22. The van der Waals surface area contributed by atoms with E-state index in [1.165, 1.54) is 12.4 Å². The number of nitrogens with zero attached hydrogens (tertiary/aromatic N) is 2. The molecule has 0 bridgehead atoms. The molecule has 7 heteroatoms. The van der Waals surface area contributed by atoms with Gasteiger partial charge in [-0.1, -0.05) is 11.6 Å². The van der Waals surface area contributed by atoms with Crippen LogP contribution in [0.4, 0.5) is 0 Å². The van der Waals surface area contributed by atoms with Crippen LogP contribution in [-0.2, 0) is 16.1 Å². The molecule has 2 rings (SSSR count). The monoisotopic (exact) mass is 311 g/mol. The van der Waals surface area contributed by atoms with Crippen LogP contribution in [0.25, 0.3) is 0 Å². The number of hydrogen-bond acceptors (Lipinski definition) is 4. The minimum atomic E-state index is -0.785. The summed E-state index contributed by atoms with van der Waals surface area (Å²) >= 11 is 5.88. The molecule has 1 aromatic heterocycles. The van der Waals surface area contributed by atoms with Crippen LogP contribution in [0, 0.1) is 11.3 Å². The van der Waals surface area contributed by atoms with Gasteiger partial charge >= 0.3 is 5.97 Å². The Kier molecular flexibility index (Phi) is 4.77. The highest BCUT2D eigenvalue weighted by Crippen LogP contribution is 2.38.